The molecule has 0 aromatic heterocycles. The fourth-order valence-corrected chi connectivity index (χ4v) is 2.56. The third-order valence-corrected chi connectivity index (χ3v) is 3.69. The minimum Gasteiger partial charge on any atom is -0.267 e. The molecule has 0 unspecified atom stereocenters. The van der Waals surface area contributed by atoms with Crippen molar-refractivity contribution in [3.8, 4) is 0 Å². The summed E-state index contributed by atoms with van der Waals surface area (Å²) in [7, 11) is 0. The molecule has 0 fully saturated rings. The zero-order chi connectivity index (χ0) is 16.1. The van der Waals surface area contributed by atoms with Crippen molar-refractivity contribution in [2.75, 3.05) is 0 Å². The zero-order valence-corrected chi connectivity index (χ0v) is 13.0. The van der Waals surface area contributed by atoms with Crippen LogP contribution in [0.15, 0.2) is 77.9 Å². The first-order valence-electron chi connectivity index (χ1n) is 7.59. The first-order valence-corrected chi connectivity index (χ1v) is 7.59. The molecule has 0 radical (unpaired) electrons. The van der Waals surface area contributed by atoms with E-state index in [1.807, 2.05) is 79.7 Å². The van der Waals surface area contributed by atoms with Crippen LogP contribution in [-0.4, -0.2) is 11.6 Å². The summed E-state index contributed by atoms with van der Waals surface area (Å²) in [6, 6.07) is 23.6. The molecule has 3 aromatic rings. The highest BCUT2D eigenvalue weighted by atomic mass is 16.2. The number of nitrogens with zero attached hydrogens (tertiary/aromatic N) is 1. The van der Waals surface area contributed by atoms with Gasteiger partial charge in [-0.15, -0.1) is 0 Å². The van der Waals surface area contributed by atoms with Crippen LogP contribution in [-0.2, 0) is 6.42 Å². The predicted molar refractivity (Wildman–Crippen MR) is 94.7 cm³/mol. The van der Waals surface area contributed by atoms with E-state index in [-0.39, 0.29) is 5.91 Å². The summed E-state index contributed by atoms with van der Waals surface area (Å²) in [6.07, 6.45) is 0.719. The number of fused-ring (bicyclic) bond motifs is 1. The van der Waals surface area contributed by atoms with Gasteiger partial charge in [-0.3, -0.25) is 4.79 Å². The van der Waals surface area contributed by atoms with Gasteiger partial charge in [0.15, 0.2) is 0 Å². The standard InChI is InChI=1S/C20H18N2O/c1-15(14-16-8-3-2-4-9-16)21-22-20(23)19-13-7-11-17-10-5-6-12-18(17)19/h2-13H,14H2,1H3,(H,22,23)/b21-15-. The van der Waals surface area contributed by atoms with Gasteiger partial charge < -0.3 is 0 Å². The summed E-state index contributed by atoms with van der Waals surface area (Å²) in [6.45, 7) is 1.91. The molecule has 3 heteroatoms. The SMILES string of the molecule is C/C(Cc1ccccc1)=N/NC(=O)c1cccc2ccccc12. The molecule has 0 bridgehead atoms. The van der Waals surface area contributed by atoms with Gasteiger partial charge in [0.1, 0.15) is 0 Å². The fraction of sp³-hybridized carbons (Fsp3) is 0.100. The molecule has 0 heterocycles. The lowest BCUT2D eigenvalue weighted by Crippen LogP contribution is -2.19. The predicted octanol–water partition coefficient (Wildman–Crippen LogP) is 4.19. The van der Waals surface area contributed by atoms with Crippen molar-refractivity contribution in [1.29, 1.82) is 0 Å². The maximum absolute atomic E-state index is 12.4. The van der Waals surface area contributed by atoms with E-state index in [0.717, 1.165) is 22.9 Å². The van der Waals surface area contributed by atoms with Crippen LogP contribution in [0.3, 0.4) is 0 Å². The van der Waals surface area contributed by atoms with Gasteiger partial charge in [-0.1, -0.05) is 66.7 Å². The maximum atomic E-state index is 12.4. The Balaban J connectivity index is 1.75. The number of benzene rings is 3. The van der Waals surface area contributed by atoms with Crippen LogP contribution in [0.5, 0.6) is 0 Å². The lowest BCUT2D eigenvalue weighted by atomic mass is 10.0. The van der Waals surface area contributed by atoms with Crippen LogP contribution in [0.4, 0.5) is 0 Å². The van der Waals surface area contributed by atoms with Crippen LogP contribution >= 0.6 is 0 Å². The molecule has 114 valence electrons. The number of carbonyl (C=O) groups is 1. The van der Waals surface area contributed by atoms with Crippen molar-refractivity contribution in [1.82, 2.24) is 5.43 Å². The van der Waals surface area contributed by atoms with Crippen molar-refractivity contribution in [3.63, 3.8) is 0 Å². The van der Waals surface area contributed by atoms with E-state index < -0.39 is 0 Å². The number of carbonyl (C=O) groups excluding carboxylic acids is 1. The summed E-state index contributed by atoms with van der Waals surface area (Å²) in [5, 5.41) is 6.20. The molecule has 3 aromatic carbocycles. The van der Waals surface area contributed by atoms with Crippen molar-refractivity contribution < 1.29 is 4.79 Å². The zero-order valence-electron chi connectivity index (χ0n) is 13.0. The van der Waals surface area contributed by atoms with Gasteiger partial charge >= 0.3 is 0 Å². The van der Waals surface area contributed by atoms with Crippen LogP contribution < -0.4 is 5.43 Å². The van der Waals surface area contributed by atoms with E-state index in [0.29, 0.717) is 5.56 Å². The monoisotopic (exact) mass is 302 g/mol. The summed E-state index contributed by atoms with van der Waals surface area (Å²) in [5.74, 6) is -0.186. The van der Waals surface area contributed by atoms with E-state index in [1.165, 1.54) is 5.56 Å². The van der Waals surface area contributed by atoms with Crippen molar-refractivity contribution in [3.05, 3.63) is 83.9 Å². The Morgan fingerprint density at radius 1 is 0.913 bits per heavy atom. The second-order valence-electron chi connectivity index (χ2n) is 5.48. The normalized spacial score (nSPS) is 11.4. The van der Waals surface area contributed by atoms with Gasteiger partial charge in [0.25, 0.3) is 5.91 Å². The highest BCUT2D eigenvalue weighted by Crippen LogP contribution is 2.18. The number of nitrogens with one attached hydrogen (secondary N) is 1. The quantitative estimate of drug-likeness (QED) is 0.570. The minimum absolute atomic E-state index is 0.186. The Kier molecular flexibility index (Phi) is 4.48. The van der Waals surface area contributed by atoms with Crippen LogP contribution in [0, 0.1) is 0 Å². The lowest BCUT2D eigenvalue weighted by molar-refractivity contribution is 0.0956. The van der Waals surface area contributed by atoms with E-state index >= 15 is 0 Å². The van der Waals surface area contributed by atoms with Crippen molar-refractivity contribution in [2.45, 2.75) is 13.3 Å². The smallest absolute Gasteiger partial charge is 0.267 e. The highest BCUT2D eigenvalue weighted by Gasteiger charge is 2.08. The Morgan fingerprint density at radius 2 is 1.61 bits per heavy atom. The molecule has 0 atom stereocenters. The third kappa shape index (κ3) is 3.64. The second kappa shape index (κ2) is 6.88. The Labute approximate surface area is 135 Å². The highest BCUT2D eigenvalue weighted by molar-refractivity contribution is 6.07. The molecule has 0 aliphatic carbocycles. The van der Waals surface area contributed by atoms with Gasteiger partial charge in [0.2, 0.25) is 0 Å². The van der Waals surface area contributed by atoms with E-state index in [2.05, 4.69) is 10.5 Å². The molecule has 3 nitrogen and oxygen atoms in total. The van der Waals surface area contributed by atoms with E-state index in [9.17, 15) is 4.79 Å². The van der Waals surface area contributed by atoms with E-state index in [1.54, 1.807) is 0 Å². The molecule has 1 amide bonds. The van der Waals surface area contributed by atoms with Gasteiger partial charge in [0, 0.05) is 17.7 Å². The van der Waals surface area contributed by atoms with Crippen LogP contribution in [0.2, 0.25) is 0 Å². The number of rotatable bonds is 4. The minimum atomic E-state index is -0.186. The van der Waals surface area contributed by atoms with Crippen molar-refractivity contribution >= 4 is 22.4 Å². The molecule has 0 aliphatic heterocycles. The fourth-order valence-electron chi connectivity index (χ4n) is 2.56. The Hall–Kier alpha value is -2.94. The summed E-state index contributed by atoms with van der Waals surface area (Å²) < 4.78 is 0. The molecule has 3 rings (SSSR count). The summed E-state index contributed by atoms with van der Waals surface area (Å²) in [5.41, 5.74) is 5.34. The number of hydrogen-bond donors (Lipinski definition) is 1. The summed E-state index contributed by atoms with van der Waals surface area (Å²) in [4.78, 5) is 12.4. The van der Waals surface area contributed by atoms with Gasteiger partial charge in [-0.05, 0) is 29.3 Å². The van der Waals surface area contributed by atoms with Gasteiger partial charge in [-0.2, -0.15) is 5.10 Å². The van der Waals surface area contributed by atoms with E-state index in [4.69, 9.17) is 0 Å². The topological polar surface area (TPSA) is 41.5 Å². The lowest BCUT2D eigenvalue weighted by Gasteiger charge is -2.06. The molecule has 0 saturated heterocycles. The molecule has 0 saturated carbocycles. The average molecular weight is 302 g/mol. The third-order valence-electron chi connectivity index (χ3n) is 3.69. The van der Waals surface area contributed by atoms with Crippen LogP contribution in [0.1, 0.15) is 22.8 Å². The largest absolute Gasteiger partial charge is 0.271 e. The Morgan fingerprint density at radius 3 is 2.43 bits per heavy atom. The first kappa shape index (κ1) is 15.0. The molecule has 23 heavy (non-hydrogen) atoms. The molecular weight excluding hydrogens is 284 g/mol. The Bertz CT molecular complexity index is 848. The number of hydrazone groups is 1. The number of hydrogen-bond acceptors (Lipinski definition) is 2. The molecular formula is C20H18N2O. The van der Waals surface area contributed by atoms with Crippen LogP contribution in [0.25, 0.3) is 10.8 Å². The summed E-state index contributed by atoms with van der Waals surface area (Å²) >= 11 is 0. The number of amides is 1. The van der Waals surface area contributed by atoms with Gasteiger partial charge in [0.05, 0.1) is 0 Å². The average Bonchev–Trinajstić information content (AvgIpc) is 2.60. The molecule has 0 aliphatic rings. The molecule has 1 N–H and O–H groups in total. The van der Waals surface area contributed by atoms with Crippen molar-refractivity contribution in [2.24, 2.45) is 5.10 Å². The second-order valence-corrected chi connectivity index (χ2v) is 5.48. The van der Waals surface area contributed by atoms with Gasteiger partial charge in [-0.25, -0.2) is 5.43 Å². The maximum Gasteiger partial charge on any atom is 0.271 e. The first-order chi connectivity index (χ1) is 11.2. The molecule has 0 spiro atoms.